The Morgan fingerprint density at radius 2 is 1.84 bits per heavy atom. The summed E-state index contributed by atoms with van der Waals surface area (Å²) in [4.78, 5) is 31.3. The fraction of sp³-hybridized carbons (Fsp3) is 0.200. The molecular weight excluding hydrogens is 400 g/mol. The standard InChI is InChI=1S/C25H22N6O/c32-23-5-1-2-11-31(23)18-8-12-30(13-9-18)25-20-14-17(6-7-22(20)28-16-29-25)21-15-27-24-19(21)4-3-10-26-24/h1-7,10-11,14-16,18H,8-9,12-13H2,(H,26,27). The minimum absolute atomic E-state index is 0.0660. The van der Waals surface area contributed by atoms with Crippen LogP contribution < -0.4 is 10.5 Å². The molecule has 1 saturated heterocycles. The summed E-state index contributed by atoms with van der Waals surface area (Å²) in [6.45, 7) is 1.69. The molecule has 0 atom stereocenters. The minimum atomic E-state index is 0.0660. The summed E-state index contributed by atoms with van der Waals surface area (Å²) in [5.74, 6) is 0.952. The Hall–Kier alpha value is -4.00. The van der Waals surface area contributed by atoms with Crippen LogP contribution >= 0.6 is 0 Å². The van der Waals surface area contributed by atoms with E-state index in [0.717, 1.165) is 64.8 Å². The second-order valence-electron chi connectivity index (χ2n) is 8.20. The first-order valence-corrected chi connectivity index (χ1v) is 10.9. The molecule has 1 fully saturated rings. The molecule has 1 aromatic carbocycles. The van der Waals surface area contributed by atoms with Gasteiger partial charge in [-0.25, -0.2) is 15.0 Å². The van der Waals surface area contributed by atoms with Gasteiger partial charge in [-0.15, -0.1) is 0 Å². The number of pyridine rings is 2. The third-order valence-corrected chi connectivity index (χ3v) is 6.38. The first-order chi connectivity index (χ1) is 15.8. The highest BCUT2D eigenvalue weighted by molar-refractivity contribution is 5.98. The predicted octanol–water partition coefficient (Wildman–Crippen LogP) is 4.18. The van der Waals surface area contributed by atoms with Crippen LogP contribution in [0.2, 0.25) is 0 Å². The SMILES string of the molecule is O=c1ccccn1C1CCN(c2ncnc3ccc(-c4c[nH]c5ncccc45)cc23)CC1. The van der Waals surface area contributed by atoms with E-state index in [9.17, 15) is 4.79 Å². The van der Waals surface area contributed by atoms with E-state index >= 15 is 0 Å². The van der Waals surface area contributed by atoms with Crippen molar-refractivity contribution in [3.63, 3.8) is 0 Å². The lowest BCUT2D eigenvalue weighted by molar-refractivity contribution is 0.387. The molecule has 0 radical (unpaired) electrons. The second-order valence-corrected chi connectivity index (χ2v) is 8.20. The second kappa shape index (κ2) is 7.60. The lowest BCUT2D eigenvalue weighted by Crippen LogP contribution is -2.37. The Balaban J connectivity index is 1.34. The summed E-state index contributed by atoms with van der Waals surface area (Å²) in [5, 5.41) is 2.14. The number of fused-ring (bicyclic) bond motifs is 2. The number of anilines is 1. The Kier molecular flexibility index (Phi) is 4.45. The van der Waals surface area contributed by atoms with E-state index in [0.29, 0.717) is 0 Å². The van der Waals surface area contributed by atoms with Gasteiger partial charge in [0.25, 0.3) is 5.56 Å². The zero-order valence-electron chi connectivity index (χ0n) is 17.5. The van der Waals surface area contributed by atoms with Gasteiger partial charge in [0.2, 0.25) is 0 Å². The zero-order valence-corrected chi connectivity index (χ0v) is 17.5. The van der Waals surface area contributed by atoms with Crippen molar-refractivity contribution in [2.75, 3.05) is 18.0 Å². The number of piperidine rings is 1. The zero-order chi connectivity index (χ0) is 21.5. The van der Waals surface area contributed by atoms with Gasteiger partial charge in [-0.2, -0.15) is 0 Å². The monoisotopic (exact) mass is 422 g/mol. The smallest absolute Gasteiger partial charge is 0.250 e. The average Bonchev–Trinajstić information content (AvgIpc) is 3.28. The van der Waals surface area contributed by atoms with Crippen LogP contribution in [0.4, 0.5) is 5.82 Å². The molecule has 0 amide bonds. The average molecular weight is 422 g/mol. The summed E-state index contributed by atoms with van der Waals surface area (Å²) >= 11 is 0. The fourth-order valence-corrected chi connectivity index (χ4v) is 4.75. The molecule has 4 aromatic heterocycles. The largest absolute Gasteiger partial charge is 0.356 e. The van der Waals surface area contributed by atoms with Gasteiger partial charge in [-0.1, -0.05) is 12.1 Å². The maximum absolute atomic E-state index is 12.2. The predicted molar refractivity (Wildman–Crippen MR) is 126 cm³/mol. The van der Waals surface area contributed by atoms with Crippen molar-refractivity contribution in [1.29, 1.82) is 0 Å². The first-order valence-electron chi connectivity index (χ1n) is 10.9. The van der Waals surface area contributed by atoms with Gasteiger partial charge in [0.05, 0.1) is 5.52 Å². The molecule has 5 aromatic rings. The van der Waals surface area contributed by atoms with Crippen LogP contribution in [0, 0.1) is 0 Å². The third-order valence-electron chi connectivity index (χ3n) is 6.38. The molecule has 7 nitrogen and oxygen atoms in total. The number of nitrogens with zero attached hydrogens (tertiary/aromatic N) is 5. The Morgan fingerprint density at radius 1 is 0.938 bits per heavy atom. The number of hydrogen-bond donors (Lipinski definition) is 1. The molecule has 6 rings (SSSR count). The number of rotatable bonds is 3. The van der Waals surface area contributed by atoms with E-state index in [1.807, 2.05) is 29.1 Å². The topological polar surface area (TPSA) is 79.7 Å². The summed E-state index contributed by atoms with van der Waals surface area (Å²) in [6.07, 6.45) is 9.14. The summed E-state index contributed by atoms with van der Waals surface area (Å²) < 4.78 is 1.86. The van der Waals surface area contributed by atoms with Crippen LogP contribution in [0.15, 0.2) is 78.2 Å². The van der Waals surface area contributed by atoms with Crippen LogP contribution in [-0.2, 0) is 0 Å². The highest BCUT2D eigenvalue weighted by Crippen LogP contribution is 2.33. The van der Waals surface area contributed by atoms with Gasteiger partial charge in [0.1, 0.15) is 17.8 Å². The number of benzene rings is 1. The van der Waals surface area contributed by atoms with Crippen molar-refractivity contribution < 1.29 is 0 Å². The van der Waals surface area contributed by atoms with Gasteiger partial charge in [-0.3, -0.25) is 4.79 Å². The molecule has 1 aliphatic rings. The van der Waals surface area contributed by atoms with Crippen molar-refractivity contribution >= 4 is 27.8 Å². The summed E-state index contributed by atoms with van der Waals surface area (Å²) in [6, 6.07) is 15.9. The molecule has 0 spiro atoms. The Bertz CT molecular complexity index is 1480. The van der Waals surface area contributed by atoms with Crippen molar-refractivity contribution in [3.05, 3.63) is 83.8 Å². The molecule has 7 heteroatoms. The number of H-pyrrole nitrogens is 1. The summed E-state index contributed by atoms with van der Waals surface area (Å²) in [7, 11) is 0. The molecule has 0 aliphatic carbocycles. The first kappa shape index (κ1) is 18.7. The van der Waals surface area contributed by atoms with E-state index < -0.39 is 0 Å². The van der Waals surface area contributed by atoms with E-state index in [4.69, 9.17) is 0 Å². The summed E-state index contributed by atoms with van der Waals surface area (Å²) in [5.41, 5.74) is 4.10. The molecular formula is C25H22N6O. The Labute approximate surface area is 184 Å². The van der Waals surface area contributed by atoms with E-state index in [2.05, 4.69) is 49.1 Å². The van der Waals surface area contributed by atoms with Gasteiger partial charge in [0, 0.05) is 60.1 Å². The minimum Gasteiger partial charge on any atom is -0.356 e. The molecule has 1 aliphatic heterocycles. The van der Waals surface area contributed by atoms with Crippen LogP contribution in [0.1, 0.15) is 18.9 Å². The van der Waals surface area contributed by atoms with Gasteiger partial charge in [0.15, 0.2) is 0 Å². The van der Waals surface area contributed by atoms with Crippen molar-refractivity contribution in [3.8, 4) is 11.1 Å². The van der Waals surface area contributed by atoms with E-state index in [1.54, 1.807) is 24.7 Å². The number of aromatic nitrogens is 5. The Morgan fingerprint density at radius 3 is 2.72 bits per heavy atom. The van der Waals surface area contributed by atoms with Crippen molar-refractivity contribution in [2.24, 2.45) is 0 Å². The van der Waals surface area contributed by atoms with Crippen LogP contribution in [0.3, 0.4) is 0 Å². The van der Waals surface area contributed by atoms with Gasteiger partial charge < -0.3 is 14.5 Å². The van der Waals surface area contributed by atoms with Crippen molar-refractivity contribution in [2.45, 2.75) is 18.9 Å². The lowest BCUT2D eigenvalue weighted by atomic mass is 10.0. The maximum atomic E-state index is 12.2. The molecule has 158 valence electrons. The quantitative estimate of drug-likeness (QED) is 0.472. The van der Waals surface area contributed by atoms with E-state index in [1.165, 1.54) is 0 Å². The van der Waals surface area contributed by atoms with Gasteiger partial charge >= 0.3 is 0 Å². The number of nitrogens with one attached hydrogen (secondary N) is 1. The highest BCUT2D eigenvalue weighted by atomic mass is 16.1. The third kappa shape index (κ3) is 3.13. The maximum Gasteiger partial charge on any atom is 0.250 e. The highest BCUT2D eigenvalue weighted by Gasteiger charge is 2.23. The van der Waals surface area contributed by atoms with Crippen molar-refractivity contribution in [1.82, 2.24) is 24.5 Å². The van der Waals surface area contributed by atoms with Crippen LogP contribution in [-0.4, -0.2) is 37.6 Å². The van der Waals surface area contributed by atoms with E-state index in [-0.39, 0.29) is 11.6 Å². The molecule has 0 bridgehead atoms. The van der Waals surface area contributed by atoms with Crippen LogP contribution in [0.25, 0.3) is 33.1 Å². The fourth-order valence-electron chi connectivity index (χ4n) is 4.75. The van der Waals surface area contributed by atoms with Crippen LogP contribution in [0.5, 0.6) is 0 Å². The normalized spacial score (nSPS) is 14.9. The molecule has 32 heavy (non-hydrogen) atoms. The number of aromatic amines is 1. The molecule has 0 unspecified atom stereocenters. The molecule has 0 saturated carbocycles. The van der Waals surface area contributed by atoms with Gasteiger partial charge in [-0.05, 0) is 48.7 Å². The molecule has 1 N–H and O–H groups in total. The lowest BCUT2D eigenvalue weighted by Gasteiger charge is -2.34. The number of hydrogen-bond acceptors (Lipinski definition) is 5. The molecule has 5 heterocycles.